The average molecular weight is 251 g/mol. The van der Waals surface area contributed by atoms with Crippen LogP contribution in [0.4, 0.5) is 5.13 Å². The van der Waals surface area contributed by atoms with Crippen molar-refractivity contribution in [3.63, 3.8) is 0 Å². The molecule has 0 aliphatic carbocycles. The van der Waals surface area contributed by atoms with E-state index < -0.39 is 0 Å². The van der Waals surface area contributed by atoms with Gasteiger partial charge in [-0.1, -0.05) is 35.6 Å². The van der Waals surface area contributed by atoms with Crippen molar-refractivity contribution in [2.45, 2.75) is 13.3 Å². The quantitative estimate of drug-likeness (QED) is 0.820. The van der Waals surface area contributed by atoms with E-state index in [1.807, 2.05) is 0 Å². The largest absolute Gasteiger partial charge is 0.360 e. The Hall–Kier alpha value is -1.20. The number of aromatic nitrogens is 2. The lowest BCUT2D eigenvalue weighted by molar-refractivity contribution is 0.983. The fourth-order valence-electron chi connectivity index (χ4n) is 1.50. The lowest BCUT2D eigenvalue weighted by Crippen LogP contribution is -2.05. The highest BCUT2D eigenvalue weighted by molar-refractivity contribution is 7.73. The molecule has 16 heavy (non-hydrogen) atoms. The van der Waals surface area contributed by atoms with E-state index in [4.69, 9.17) is 12.2 Å². The predicted octanol–water partition coefficient (Wildman–Crippen LogP) is 3.16. The summed E-state index contributed by atoms with van der Waals surface area (Å²) in [4.78, 5) is 0. The molecule has 0 amide bonds. The molecule has 0 unspecified atom stereocenters. The molecule has 0 spiro atoms. The third kappa shape index (κ3) is 2.90. The van der Waals surface area contributed by atoms with Crippen LogP contribution in [0.25, 0.3) is 0 Å². The van der Waals surface area contributed by atoms with Crippen molar-refractivity contribution in [3.8, 4) is 0 Å². The Kier molecular flexibility index (Phi) is 3.69. The Morgan fingerprint density at radius 1 is 1.44 bits per heavy atom. The minimum absolute atomic E-state index is 0.707. The second-order valence-electron chi connectivity index (χ2n) is 3.52. The van der Waals surface area contributed by atoms with Crippen molar-refractivity contribution in [3.05, 3.63) is 39.3 Å². The first-order chi connectivity index (χ1) is 7.75. The lowest BCUT2D eigenvalue weighted by atomic mass is 10.1. The molecule has 0 atom stereocenters. The van der Waals surface area contributed by atoms with Crippen LogP contribution in [0, 0.1) is 10.9 Å². The second kappa shape index (κ2) is 5.23. The lowest BCUT2D eigenvalue weighted by Gasteiger charge is -2.05. The number of aryl methyl sites for hydroxylation is 1. The van der Waals surface area contributed by atoms with Gasteiger partial charge < -0.3 is 5.32 Å². The van der Waals surface area contributed by atoms with Gasteiger partial charge in [-0.25, -0.2) is 0 Å². The van der Waals surface area contributed by atoms with Gasteiger partial charge in [-0.2, -0.15) is 0 Å². The maximum Gasteiger partial charge on any atom is 0.204 e. The van der Waals surface area contributed by atoms with Crippen LogP contribution in [0.3, 0.4) is 0 Å². The standard InChI is InChI=1S/C11H13N3S2/c1-8-4-2-3-5-9(8)6-7-12-10-13-14-11(15)16-10/h2-5H,6-7H2,1H3,(H,12,13)(H,14,15). The van der Waals surface area contributed by atoms with Crippen LogP contribution in [0.5, 0.6) is 0 Å². The molecule has 2 aromatic rings. The van der Waals surface area contributed by atoms with Crippen LogP contribution in [0.2, 0.25) is 0 Å². The molecule has 0 saturated carbocycles. The SMILES string of the molecule is Cc1ccccc1CCNc1n[nH]c(=S)s1. The van der Waals surface area contributed by atoms with Gasteiger partial charge in [-0.05, 0) is 36.7 Å². The van der Waals surface area contributed by atoms with Crippen LogP contribution >= 0.6 is 23.6 Å². The van der Waals surface area contributed by atoms with Gasteiger partial charge in [0.25, 0.3) is 0 Å². The van der Waals surface area contributed by atoms with Crippen molar-refractivity contribution in [1.82, 2.24) is 10.2 Å². The third-order valence-corrected chi connectivity index (χ3v) is 3.42. The minimum atomic E-state index is 0.707. The van der Waals surface area contributed by atoms with Crippen molar-refractivity contribution < 1.29 is 0 Å². The molecule has 1 heterocycles. The van der Waals surface area contributed by atoms with E-state index >= 15 is 0 Å². The number of nitrogens with one attached hydrogen (secondary N) is 2. The van der Waals surface area contributed by atoms with Crippen LogP contribution in [-0.4, -0.2) is 16.7 Å². The fraction of sp³-hybridized carbons (Fsp3) is 0.273. The van der Waals surface area contributed by atoms with Crippen LogP contribution in [-0.2, 0) is 6.42 Å². The molecule has 2 N–H and O–H groups in total. The highest BCUT2D eigenvalue weighted by atomic mass is 32.1. The summed E-state index contributed by atoms with van der Waals surface area (Å²) in [6, 6.07) is 8.42. The summed E-state index contributed by atoms with van der Waals surface area (Å²) < 4.78 is 0.707. The Morgan fingerprint density at radius 3 is 2.94 bits per heavy atom. The van der Waals surface area contributed by atoms with Crippen molar-refractivity contribution in [2.75, 3.05) is 11.9 Å². The number of rotatable bonds is 4. The summed E-state index contributed by atoms with van der Waals surface area (Å²) in [5.74, 6) is 0. The number of hydrogen-bond donors (Lipinski definition) is 2. The number of aromatic amines is 1. The molecular formula is C11H13N3S2. The highest BCUT2D eigenvalue weighted by Gasteiger charge is 1.98. The van der Waals surface area contributed by atoms with Crippen molar-refractivity contribution >= 4 is 28.7 Å². The maximum atomic E-state index is 4.96. The molecule has 1 aromatic carbocycles. The summed E-state index contributed by atoms with van der Waals surface area (Å²) in [7, 11) is 0. The van der Waals surface area contributed by atoms with Gasteiger partial charge in [0.1, 0.15) is 0 Å². The average Bonchev–Trinajstić information content (AvgIpc) is 2.67. The molecule has 0 saturated heterocycles. The maximum absolute atomic E-state index is 4.96. The molecule has 3 nitrogen and oxygen atoms in total. The molecule has 1 aromatic heterocycles. The Morgan fingerprint density at radius 2 is 2.25 bits per heavy atom. The number of benzene rings is 1. The van der Waals surface area contributed by atoms with Gasteiger partial charge in [0.2, 0.25) is 5.13 Å². The van der Waals surface area contributed by atoms with E-state index in [0.717, 1.165) is 18.1 Å². The summed E-state index contributed by atoms with van der Waals surface area (Å²) in [5.41, 5.74) is 2.70. The summed E-state index contributed by atoms with van der Waals surface area (Å²) in [5, 5.41) is 10.9. The summed E-state index contributed by atoms with van der Waals surface area (Å²) >= 11 is 6.42. The summed E-state index contributed by atoms with van der Waals surface area (Å²) in [6.07, 6.45) is 0.999. The Balaban J connectivity index is 1.89. The number of nitrogens with zero attached hydrogens (tertiary/aromatic N) is 1. The second-order valence-corrected chi connectivity index (χ2v) is 5.19. The monoisotopic (exact) mass is 251 g/mol. The van der Waals surface area contributed by atoms with E-state index in [0.29, 0.717) is 3.95 Å². The Bertz CT molecular complexity index is 516. The molecule has 0 aliphatic heterocycles. The molecule has 0 bridgehead atoms. The zero-order valence-electron chi connectivity index (χ0n) is 8.99. The fourth-order valence-corrected chi connectivity index (χ4v) is 2.32. The van der Waals surface area contributed by atoms with Crippen LogP contribution in [0.1, 0.15) is 11.1 Å². The number of H-pyrrole nitrogens is 1. The van der Waals surface area contributed by atoms with Crippen molar-refractivity contribution in [2.24, 2.45) is 0 Å². The predicted molar refractivity (Wildman–Crippen MR) is 70.7 cm³/mol. The molecule has 0 aliphatic rings. The first-order valence-corrected chi connectivity index (χ1v) is 6.32. The van der Waals surface area contributed by atoms with Gasteiger partial charge >= 0.3 is 0 Å². The highest BCUT2D eigenvalue weighted by Crippen LogP contribution is 2.12. The van der Waals surface area contributed by atoms with Gasteiger partial charge in [0.05, 0.1) is 0 Å². The van der Waals surface area contributed by atoms with Gasteiger partial charge in [0, 0.05) is 6.54 Å². The number of anilines is 1. The molecule has 84 valence electrons. The topological polar surface area (TPSA) is 40.7 Å². The minimum Gasteiger partial charge on any atom is -0.360 e. The summed E-state index contributed by atoms with van der Waals surface area (Å²) in [6.45, 7) is 3.01. The first-order valence-electron chi connectivity index (χ1n) is 5.09. The van der Waals surface area contributed by atoms with E-state index in [1.165, 1.54) is 22.5 Å². The smallest absolute Gasteiger partial charge is 0.204 e. The van der Waals surface area contributed by atoms with E-state index in [1.54, 1.807) is 0 Å². The molecule has 5 heteroatoms. The molecule has 0 radical (unpaired) electrons. The molecule has 0 fully saturated rings. The Labute approximate surface area is 104 Å². The van der Waals surface area contributed by atoms with Gasteiger partial charge in [-0.15, -0.1) is 5.10 Å². The van der Waals surface area contributed by atoms with E-state index in [-0.39, 0.29) is 0 Å². The van der Waals surface area contributed by atoms with E-state index in [9.17, 15) is 0 Å². The normalized spacial score (nSPS) is 10.3. The third-order valence-electron chi connectivity index (χ3n) is 2.37. The molecule has 2 rings (SSSR count). The van der Waals surface area contributed by atoms with Crippen LogP contribution in [0.15, 0.2) is 24.3 Å². The van der Waals surface area contributed by atoms with Gasteiger partial charge in [0.15, 0.2) is 3.95 Å². The number of hydrogen-bond acceptors (Lipinski definition) is 4. The zero-order valence-corrected chi connectivity index (χ0v) is 10.6. The molecular weight excluding hydrogens is 238 g/mol. The van der Waals surface area contributed by atoms with Crippen molar-refractivity contribution in [1.29, 1.82) is 0 Å². The van der Waals surface area contributed by atoms with E-state index in [2.05, 4.69) is 46.7 Å². The van der Waals surface area contributed by atoms with Gasteiger partial charge in [-0.3, -0.25) is 5.10 Å². The first kappa shape index (κ1) is 11.3. The zero-order chi connectivity index (χ0) is 11.4. The van der Waals surface area contributed by atoms with Crippen LogP contribution < -0.4 is 5.32 Å².